The lowest BCUT2D eigenvalue weighted by Gasteiger charge is -2.37. The maximum Gasteiger partial charge on any atom is 0.239 e. The first-order chi connectivity index (χ1) is 10.8. The summed E-state index contributed by atoms with van der Waals surface area (Å²) in [6, 6.07) is 4.05. The van der Waals surface area contributed by atoms with Crippen LogP contribution >= 0.6 is 0 Å². The number of pyridine rings is 1. The Kier molecular flexibility index (Phi) is 4.77. The van der Waals surface area contributed by atoms with Gasteiger partial charge in [0.05, 0.1) is 11.7 Å². The second-order valence-corrected chi connectivity index (χ2v) is 5.87. The normalized spacial score (nSPS) is 22.0. The minimum absolute atomic E-state index is 0.0405. The third-order valence-corrected chi connectivity index (χ3v) is 4.40. The molecule has 2 saturated heterocycles. The van der Waals surface area contributed by atoms with Gasteiger partial charge in [-0.25, -0.2) is 4.98 Å². The van der Waals surface area contributed by atoms with Gasteiger partial charge in [-0.2, -0.15) is 0 Å². The maximum absolute atomic E-state index is 12.4. The number of aromatic nitrogens is 1. The summed E-state index contributed by atoms with van der Waals surface area (Å²) in [5.41, 5.74) is 1.07. The van der Waals surface area contributed by atoms with Crippen molar-refractivity contribution in [3.8, 4) is 0 Å². The van der Waals surface area contributed by atoms with Crippen molar-refractivity contribution in [1.29, 1.82) is 0 Å². The van der Waals surface area contributed by atoms with Crippen molar-refractivity contribution in [2.45, 2.75) is 25.8 Å². The van der Waals surface area contributed by atoms with E-state index in [4.69, 9.17) is 0 Å². The molecule has 1 amide bonds. The zero-order valence-electron chi connectivity index (χ0n) is 13.2. The molecule has 0 aliphatic carbocycles. The van der Waals surface area contributed by atoms with Gasteiger partial charge in [-0.3, -0.25) is 4.79 Å². The molecule has 0 radical (unpaired) electrons. The Morgan fingerprint density at radius 1 is 1.41 bits per heavy atom. The van der Waals surface area contributed by atoms with Gasteiger partial charge < -0.3 is 20.4 Å². The summed E-state index contributed by atoms with van der Waals surface area (Å²) >= 11 is 0. The van der Waals surface area contributed by atoms with E-state index in [1.807, 2.05) is 17.2 Å². The van der Waals surface area contributed by atoms with Gasteiger partial charge in [0.15, 0.2) is 5.82 Å². The van der Waals surface area contributed by atoms with Crippen molar-refractivity contribution in [3.63, 3.8) is 0 Å². The molecule has 120 valence electrons. The van der Waals surface area contributed by atoms with E-state index < -0.39 is 0 Å². The Morgan fingerprint density at radius 2 is 2.23 bits per heavy atom. The molecule has 0 aromatic carbocycles. The molecule has 6 nitrogen and oxygen atoms in total. The molecule has 6 heteroatoms. The highest BCUT2D eigenvalue weighted by Crippen LogP contribution is 2.24. The Bertz CT molecular complexity index is 507. The number of nitrogens with zero attached hydrogens (tertiary/aromatic N) is 3. The van der Waals surface area contributed by atoms with Gasteiger partial charge in [0.25, 0.3) is 0 Å². The van der Waals surface area contributed by atoms with Crippen LogP contribution in [0, 0.1) is 0 Å². The monoisotopic (exact) mass is 303 g/mol. The summed E-state index contributed by atoms with van der Waals surface area (Å²) in [4.78, 5) is 21.2. The fourth-order valence-corrected chi connectivity index (χ4v) is 3.23. The number of carbonyl (C=O) groups is 1. The molecule has 0 saturated carbocycles. The average Bonchev–Trinajstić information content (AvgIpc) is 3.10. The number of anilines is 2. The van der Waals surface area contributed by atoms with Crippen molar-refractivity contribution in [3.05, 3.63) is 18.3 Å². The van der Waals surface area contributed by atoms with Gasteiger partial charge in [0, 0.05) is 38.9 Å². The zero-order chi connectivity index (χ0) is 15.4. The largest absolute Gasteiger partial charge is 0.382 e. The van der Waals surface area contributed by atoms with Crippen LogP contribution in [-0.4, -0.2) is 61.1 Å². The average molecular weight is 303 g/mol. The van der Waals surface area contributed by atoms with Crippen LogP contribution in [0.5, 0.6) is 0 Å². The van der Waals surface area contributed by atoms with Crippen molar-refractivity contribution < 1.29 is 4.79 Å². The van der Waals surface area contributed by atoms with Gasteiger partial charge in [0.2, 0.25) is 5.91 Å². The summed E-state index contributed by atoms with van der Waals surface area (Å²) < 4.78 is 0. The number of piperazine rings is 1. The standard InChI is InChI=1S/C16H25N5O/c1-2-17-13-5-3-8-19-15(13)20-9-11-21(12-10-20)16(22)14-6-4-7-18-14/h3,5,8,14,17-18H,2,4,6-7,9-12H2,1H3. The molecule has 2 aliphatic rings. The third-order valence-electron chi connectivity index (χ3n) is 4.40. The number of hydrogen-bond donors (Lipinski definition) is 2. The molecular weight excluding hydrogens is 278 g/mol. The molecule has 2 aliphatic heterocycles. The van der Waals surface area contributed by atoms with Gasteiger partial charge in [-0.05, 0) is 38.4 Å². The third kappa shape index (κ3) is 3.16. The van der Waals surface area contributed by atoms with E-state index in [0.717, 1.165) is 63.6 Å². The number of amides is 1. The molecule has 2 fully saturated rings. The fourth-order valence-electron chi connectivity index (χ4n) is 3.23. The molecule has 0 spiro atoms. The predicted octanol–water partition coefficient (Wildman–Crippen LogP) is 0.914. The zero-order valence-corrected chi connectivity index (χ0v) is 13.2. The molecule has 1 unspecified atom stereocenters. The Morgan fingerprint density at radius 3 is 2.91 bits per heavy atom. The van der Waals surface area contributed by atoms with E-state index in [1.54, 1.807) is 0 Å². The van der Waals surface area contributed by atoms with E-state index in [9.17, 15) is 4.79 Å². The van der Waals surface area contributed by atoms with Gasteiger partial charge in [-0.1, -0.05) is 0 Å². The lowest BCUT2D eigenvalue weighted by atomic mass is 10.2. The van der Waals surface area contributed by atoms with Crippen molar-refractivity contribution in [1.82, 2.24) is 15.2 Å². The molecule has 0 bridgehead atoms. The van der Waals surface area contributed by atoms with Crippen LogP contribution in [0.25, 0.3) is 0 Å². The minimum atomic E-state index is 0.0405. The Balaban J connectivity index is 1.60. The highest BCUT2D eigenvalue weighted by atomic mass is 16.2. The molecule has 1 aromatic heterocycles. The van der Waals surface area contributed by atoms with Gasteiger partial charge in [-0.15, -0.1) is 0 Å². The van der Waals surface area contributed by atoms with Crippen molar-refractivity contribution >= 4 is 17.4 Å². The van der Waals surface area contributed by atoms with Gasteiger partial charge in [0.1, 0.15) is 0 Å². The number of carbonyl (C=O) groups excluding carboxylic acids is 1. The Hall–Kier alpha value is -1.82. The highest BCUT2D eigenvalue weighted by Gasteiger charge is 2.29. The minimum Gasteiger partial charge on any atom is -0.382 e. The fraction of sp³-hybridized carbons (Fsp3) is 0.625. The molecule has 3 rings (SSSR count). The molecule has 22 heavy (non-hydrogen) atoms. The van der Waals surface area contributed by atoms with Crippen LogP contribution < -0.4 is 15.5 Å². The van der Waals surface area contributed by atoms with E-state index in [0.29, 0.717) is 0 Å². The van der Waals surface area contributed by atoms with Crippen LogP contribution in [-0.2, 0) is 4.79 Å². The number of hydrogen-bond acceptors (Lipinski definition) is 5. The van der Waals surface area contributed by atoms with E-state index in [1.165, 1.54) is 0 Å². The first-order valence-corrected chi connectivity index (χ1v) is 8.25. The SMILES string of the molecule is CCNc1cccnc1N1CCN(C(=O)C2CCCN2)CC1. The number of rotatable bonds is 4. The quantitative estimate of drug-likeness (QED) is 0.866. The van der Waals surface area contributed by atoms with Gasteiger partial charge >= 0.3 is 0 Å². The van der Waals surface area contributed by atoms with Crippen molar-refractivity contribution in [2.24, 2.45) is 0 Å². The second kappa shape index (κ2) is 6.96. The van der Waals surface area contributed by atoms with Crippen LogP contribution in [0.15, 0.2) is 18.3 Å². The molecule has 1 aromatic rings. The molecular formula is C16H25N5O. The summed E-state index contributed by atoms with van der Waals surface area (Å²) in [5.74, 6) is 1.26. The van der Waals surface area contributed by atoms with Crippen LogP contribution in [0.2, 0.25) is 0 Å². The number of nitrogens with one attached hydrogen (secondary N) is 2. The van der Waals surface area contributed by atoms with Crippen molar-refractivity contribution in [2.75, 3.05) is 49.5 Å². The Labute approximate surface area is 131 Å². The first-order valence-electron chi connectivity index (χ1n) is 8.25. The van der Waals surface area contributed by atoms with Crippen LogP contribution in [0.3, 0.4) is 0 Å². The predicted molar refractivity (Wildman–Crippen MR) is 88.2 cm³/mol. The topological polar surface area (TPSA) is 60.5 Å². The smallest absolute Gasteiger partial charge is 0.239 e. The molecule has 2 N–H and O–H groups in total. The maximum atomic E-state index is 12.4. The first kappa shape index (κ1) is 15.1. The van der Waals surface area contributed by atoms with E-state index in [2.05, 4.69) is 33.5 Å². The van der Waals surface area contributed by atoms with Crippen LogP contribution in [0.4, 0.5) is 11.5 Å². The summed E-state index contributed by atoms with van der Waals surface area (Å²) in [6.45, 7) is 7.17. The highest BCUT2D eigenvalue weighted by molar-refractivity contribution is 5.82. The summed E-state index contributed by atoms with van der Waals surface area (Å²) in [5, 5.41) is 6.65. The second-order valence-electron chi connectivity index (χ2n) is 5.87. The lowest BCUT2D eigenvalue weighted by Crippen LogP contribution is -2.53. The molecule has 1 atom stereocenters. The molecule has 3 heterocycles. The van der Waals surface area contributed by atoms with Crippen LogP contribution in [0.1, 0.15) is 19.8 Å². The summed E-state index contributed by atoms with van der Waals surface area (Å²) in [6.07, 6.45) is 3.91. The van der Waals surface area contributed by atoms with E-state index >= 15 is 0 Å². The van der Waals surface area contributed by atoms with E-state index in [-0.39, 0.29) is 11.9 Å². The summed E-state index contributed by atoms with van der Waals surface area (Å²) in [7, 11) is 0. The lowest BCUT2D eigenvalue weighted by molar-refractivity contribution is -0.133.